The first-order valence-electron chi connectivity index (χ1n) is 9.84. The molecule has 0 radical (unpaired) electrons. The minimum Gasteiger partial charge on any atom is -0.353 e. The van der Waals surface area contributed by atoms with Crippen molar-refractivity contribution in [3.8, 4) is 0 Å². The number of amides is 2. The van der Waals surface area contributed by atoms with Gasteiger partial charge in [0.2, 0.25) is 5.91 Å². The molecule has 1 aliphatic carbocycles. The zero-order chi connectivity index (χ0) is 19.8. The summed E-state index contributed by atoms with van der Waals surface area (Å²) in [5.41, 5.74) is -0.0447. The molecule has 1 aromatic carbocycles. The predicted octanol–water partition coefficient (Wildman–Crippen LogP) is 0.840. The third-order valence-corrected chi connectivity index (χ3v) is 5.62. The predicted molar refractivity (Wildman–Crippen MR) is 104 cm³/mol. The highest BCUT2D eigenvalue weighted by Gasteiger charge is 2.31. The Bertz CT molecular complexity index is 1040. The zero-order valence-corrected chi connectivity index (χ0v) is 15.9. The topological polar surface area (TPSA) is 104 Å². The monoisotopic (exact) mass is 384 g/mol. The molecule has 8 heteroatoms. The Hall–Kier alpha value is -2.90. The highest BCUT2D eigenvalue weighted by Crippen LogP contribution is 2.23. The van der Waals surface area contributed by atoms with Crippen molar-refractivity contribution in [2.45, 2.75) is 45.2 Å². The van der Waals surface area contributed by atoms with Crippen molar-refractivity contribution in [1.29, 1.82) is 0 Å². The minimum atomic E-state index is -0.480. The summed E-state index contributed by atoms with van der Waals surface area (Å²) in [6.45, 7) is 3.06. The van der Waals surface area contributed by atoms with Crippen LogP contribution < -0.4 is 16.6 Å². The van der Waals surface area contributed by atoms with Gasteiger partial charge in [-0.15, -0.1) is 0 Å². The first kappa shape index (κ1) is 18.5. The molecule has 0 unspecified atom stereocenters. The molecule has 0 atom stereocenters. The number of benzene rings is 1. The summed E-state index contributed by atoms with van der Waals surface area (Å²) in [7, 11) is 0. The van der Waals surface area contributed by atoms with E-state index in [1.807, 2.05) is 0 Å². The molecule has 0 bridgehead atoms. The Morgan fingerprint density at radius 2 is 1.86 bits per heavy atom. The number of aromatic nitrogens is 2. The van der Waals surface area contributed by atoms with Crippen LogP contribution in [0.5, 0.6) is 0 Å². The fraction of sp³-hybridized carbons (Fsp3) is 0.500. The van der Waals surface area contributed by atoms with Crippen molar-refractivity contribution in [2.75, 3.05) is 13.1 Å². The number of carbonyl (C=O) groups excluding carboxylic acids is 2. The maximum absolute atomic E-state index is 12.9. The number of likely N-dealkylation sites (tertiary alicyclic amines) is 1. The molecule has 4 rings (SSSR count). The normalized spacial score (nSPS) is 17.7. The maximum Gasteiger partial charge on any atom is 0.328 e. The molecular formula is C20H24N4O4. The van der Waals surface area contributed by atoms with Crippen molar-refractivity contribution in [3.63, 3.8) is 0 Å². The van der Waals surface area contributed by atoms with Crippen LogP contribution >= 0.6 is 0 Å². The second-order valence-corrected chi connectivity index (χ2v) is 7.59. The van der Waals surface area contributed by atoms with Gasteiger partial charge < -0.3 is 15.2 Å². The van der Waals surface area contributed by atoms with E-state index < -0.39 is 5.69 Å². The number of H-pyrrole nitrogens is 1. The van der Waals surface area contributed by atoms with Gasteiger partial charge >= 0.3 is 5.69 Å². The number of carbonyl (C=O) groups is 2. The van der Waals surface area contributed by atoms with Crippen LogP contribution in [-0.4, -0.2) is 45.4 Å². The molecule has 28 heavy (non-hydrogen) atoms. The van der Waals surface area contributed by atoms with Crippen molar-refractivity contribution in [3.05, 3.63) is 44.6 Å². The largest absolute Gasteiger partial charge is 0.353 e. The molecule has 2 amide bonds. The minimum absolute atomic E-state index is 0.0369. The van der Waals surface area contributed by atoms with E-state index in [0.29, 0.717) is 48.4 Å². The summed E-state index contributed by atoms with van der Waals surface area (Å²) in [4.78, 5) is 53.8. The van der Waals surface area contributed by atoms with Crippen LogP contribution in [0.25, 0.3) is 10.9 Å². The standard InChI is InChI=1S/C20H24N4O4/c1-2-24-19(27)15-6-3-13(11-16(15)22-20(24)28)18(26)23-9-7-12(8-10-23)17(25)21-14-4-5-14/h3,6,11-12,14H,2,4-5,7-10H2,1H3,(H,21,25)(H,22,28). The van der Waals surface area contributed by atoms with Gasteiger partial charge in [-0.2, -0.15) is 0 Å². The molecule has 0 spiro atoms. The number of aromatic amines is 1. The van der Waals surface area contributed by atoms with Crippen LogP contribution in [0.1, 0.15) is 43.0 Å². The Kier molecular flexibility index (Phi) is 4.78. The lowest BCUT2D eigenvalue weighted by molar-refractivity contribution is -0.126. The Labute approximate surface area is 161 Å². The number of piperidine rings is 1. The lowest BCUT2D eigenvalue weighted by Crippen LogP contribution is -2.43. The third kappa shape index (κ3) is 3.46. The number of nitrogens with zero attached hydrogens (tertiary/aromatic N) is 2. The van der Waals surface area contributed by atoms with Gasteiger partial charge in [0.25, 0.3) is 11.5 Å². The molecule has 2 aromatic rings. The second kappa shape index (κ2) is 7.26. The summed E-state index contributed by atoms with van der Waals surface area (Å²) >= 11 is 0. The Morgan fingerprint density at radius 3 is 2.50 bits per heavy atom. The smallest absolute Gasteiger partial charge is 0.328 e. The number of hydrogen-bond donors (Lipinski definition) is 2. The number of hydrogen-bond acceptors (Lipinski definition) is 4. The molecule has 1 saturated heterocycles. The Balaban J connectivity index is 1.49. The average molecular weight is 384 g/mol. The van der Waals surface area contributed by atoms with Crippen molar-refractivity contribution in [1.82, 2.24) is 19.8 Å². The van der Waals surface area contributed by atoms with Gasteiger partial charge in [-0.05, 0) is 50.8 Å². The van der Waals surface area contributed by atoms with E-state index in [1.54, 1.807) is 30.0 Å². The molecule has 2 heterocycles. The quantitative estimate of drug-likeness (QED) is 0.815. The highest BCUT2D eigenvalue weighted by atomic mass is 16.2. The molecule has 2 N–H and O–H groups in total. The van der Waals surface area contributed by atoms with E-state index in [-0.39, 0.29) is 29.8 Å². The molecular weight excluding hydrogens is 360 g/mol. The SMILES string of the molecule is CCn1c(=O)[nH]c2cc(C(=O)N3CCC(C(=O)NC4CC4)CC3)ccc2c1=O. The van der Waals surface area contributed by atoms with Crippen LogP contribution in [0.4, 0.5) is 0 Å². The van der Waals surface area contributed by atoms with Gasteiger partial charge in [0.1, 0.15) is 0 Å². The summed E-state index contributed by atoms with van der Waals surface area (Å²) in [6.07, 6.45) is 3.43. The van der Waals surface area contributed by atoms with Crippen LogP contribution in [0.3, 0.4) is 0 Å². The average Bonchev–Trinajstić information content (AvgIpc) is 3.51. The second-order valence-electron chi connectivity index (χ2n) is 7.59. The van der Waals surface area contributed by atoms with Gasteiger partial charge in [0, 0.05) is 37.2 Å². The lowest BCUT2D eigenvalue weighted by Gasteiger charge is -2.31. The van der Waals surface area contributed by atoms with Crippen molar-refractivity contribution >= 4 is 22.7 Å². The first-order valence-corrected chi connectivity index (χ1v) is 9.84. The zero-order valence-electron chi connectivity index (χ0n) is 15.9. The van der Waals surface area contributed by atoms with Gasteiger partial charge in [-0.3, -0.25) is 19.0 Å². The van der Waals surface area contributed by atoms with E-state index in [4.69, 9.17) is 0 Å². The molecule has 148 valence electrons. The van der Waals surface area contributed by atoms with Crippen LogP contribution in [0, 0.1) is 5.92 Å². The molecule has 2 aliphatic rings. The van der Waals surface area contributed by atoms with Crippen LogP contribution in [-0.2, 0) is 11.3 Å². The van der Waals surface area contributed by atoms with Gasteiger partial charge in [-0.25, -0.2) is 4.79 Å². The highest BCUT2D eigenvalue weighted by molar-refractivity contribution is 5.97. The fourth-order valence-electron chi connectivity index (χ4n) is 3.75. The Morgan fingerprint density at radius 1 is 1.14 bits per heavy atom. The van der Waals surface area contributed by atoms with Crippen LogP contribution in [0.15, 0.2) is 27.8 Å². The molecule has 1 aliphatic heterocycles. The van der Waals surface area contributed by atoms with E-state index in [2.05, 4.69) is 10.3 Å². The lowest BCUT2D eigenvalue weighted by atomic mass is 9.95. The maximum atomic E-state index is 12.9. The molecule has 1 saturated carbocycles. The number of fused-ring (bicyclic) bond motifs is 1. The number of nitrogens with one attached hydrogen (secondary N) is 2. The van der Waals surface area contributed by atoms with E-state index in [1.165, 1.54) is 0 Å². The molecule has 8 nitrogen and oxygen atoms in total. The molecule has 1 aromatic heterocycles. The first-order chi connectivity index (χ1) is 13.5. The summed E-state index contributed by atoms with van der Waals surface area (Å²) in [6, 6.07) is 5.12. The van der Waals surface area contributed by atoms with E-state index in [0.717, 1.165) is 17.4 Å². The van der Waals surface area contributed by atoms with E-state index in [9.17, 15) is 19.2 Å². The summed E-state index contributed by atoms with van der Waals surface area (Å²) in [5, 5.41) is 3.41. The van der Waals surface area contributed by atoms with Crippen LogP contribution in [0.2, 0.25) is 0 Å². The van der Waals surface area contributed by atoms with Gasteiger partial charge in [0.15, 0.2) is 0 Å². The summed E-state index contributed by atoms with van der Waals surface area (Å²) in [5.74, 6) is -0.0846. The van der Waals surface area contributed by atoms with Crippen molar-refractivity contribution < 1.29 is 9.59 Å². The van der Waals surface area contributed by atoms with Crippen molar-refractivity contribution in [2.24, 2.45) is 5.92 Å². The fourth-order valence-corrected chi connectivity index (χ4v) is 3.75. The van der Waals surface area contributed by atoms with Gasteiger partial charge in [0.05, 0.1) is 10.9 Å². The van der Waals surface area contributed by atoms with Gasteiger partial charge in [-0.1, -0.05) is 0 Å². The summed E-state index contributed by atoms with van der Waals surface area (Å²) < 4.78 is 1.13. The van der Waals surface area contributed by atoms with E-state index >= 15 is 0 Å². The number of rotatable bonds is 4. The third-order valence-electron chi connectivity index (χ3n) is 5.62. The molecule has 2 fully saturated rings.